The number of ether oxygens (including phenoxy) is 1. The molecule has 0 saturated carbocycles. The van der Waals surface area contributed by atoms with Crippen LogP contribution in [0.3, 0.4) is 0 Å². The summed E-state index contributed by atoms with van der Waals surface area (Å²) in [5.41, 5.74) is 0.508. The lowest BCUT2D eigenvalue weighted by molar-refractivity contribution is -0.137. The van der Waals surface area contributed by atoms with Crippen molar-refractivity contribution in [3.8, 4) is 5.75 Å². The highest BCUT2D eigenvalue weighted by Crippen LogP contribution is 2.33. The quantitative estimate of drug-likeness (QED) is 0.504. The van der Waals surface area contributed by atoms with Gasteiger partial charge in [0.05, 0.1) is 24.3 Å². The number of amides is 3. The highest BCUT2D eigenvalue weighted by Gasteiger charge is 2.37. The van der Waals surface area contributed by atoms with E-state index >= 15 is 0 Å². The summed E-state index contributed by atoms with van der Waals surface area (Å²) >= 11 is 0. The molecule has 4 rings (SSSR count). The van der Waals surface area contributed by atoms with Crippen molar-refractivity contribution in [3.63, 3.8) is 0 Å². The molecule has 1 fully saturated rings. The number of para-hydroxylation sites is 2. The van der Waals surface area contributed by atoms with Crippen molar-refractivity contribution >= 4 is 34.8 Å². The number of rotatable bonds is 6. The number of alkyl halides is 3. The molecule has 36 heavy (non-hydrogen) atoms. The van der Waals surface area contributed by atoms with Gasteiger partial charge in [0.2, 0.25) is 11.8 Å². The first-order chi connectivity index (χ1) is 17.2. The standard InChI is InChI=1S/C26H22F3N3O4/c1-36-22-8-3-2-7-21(22)31-24(34)16-9-11-19(12-10-16)30-25(35)17-13-23(33)32(15-17)20-6-4-5-18(14-20)26(27,28)29/h2-12,14,17H,13,15H2,1H3,(H,30,35)(H,31,34). The van der Waals surface area contributed by atoms with E-state index in [-0.39, 0.29) is 24.6 Å². The average molecular weight is 497 g/mol. The second-order valence-corrected chi connectivity index (χ2v) is 8.17. The number of nitrogens with one attached hydrogen (secondary N) is 2. The molecule has 1 saturated heterocycles. The third-order valence-electron chi connectivity index (χ3n) is 5.75. The van der Waals surface area contributed by atoms with E-state index in [0.29, 0.717) is 22.7 Å². The van der Waals surface area contributed by atoms with Crippen molar-refractivity contribution in [2.45, 2.75) is 12.6 Å². The van der Waals surface area contributed by atoms with Crippen molar-refractivity contribution in [2.24, 2.45) is 5.92 Å². The molecule has 1 atom stereocenters. The Bertz CT molecular complexity index is 1290. The van der Waals surface area contributed by atoms with Crippen LogP contribution in [0.1, 0.15) is 22.3 Å². The normalized spacial score (nSPS) is 15.5. The summed E-state index contributed by atoms with van der Waals surface area (Å²) in [6, 6.07) is 17.6. The maximum atomic E-state index is 13.0. The number of nitrogens with zero attached hydrogens (tertiary/aromatic N) is 1. The van der Waals surface area contributed by atoms with Crippen LogP contribution in [0.5, 0.6) is 5.75 Å². The van der Waals surface area contributed by atoms with Gasteiger partial charge in [-0.15, -0.1) is 0 Å². The molecule has 1 aliphatic rings. The Kier molecular flexibility index (Phi) is 6.96. The topological polar surface area (TPSA) is 87.7 Å². The van der Waals surface area contributed by atoms with Gasteiger partial charge in [0.15, 0.2) is 0 Å². The van der Waals surface area contributed by atoms with E-state index in [2.05, 4.69) is 10.6 Å². The molecule has 0 radical (unpaired) electrons. The van der Waals surface area contributed by atoms with Crippen LogP contribution in [-0.4, -0.2) is 31.4 Å². The molecular weight excluding hydrogens is 475 g/mol. The third-order valence-corrected chi connectivity index (χ3v) is 5.75. The van der Waals surface area contributed by atoms with Crippen molar-refractivity contribution in [1.29, 1.82) is 0 Å². The lowest BCUT2D eigenvalue weighted by Crippen LogP contribution is -2.28. The smallest absolute Gasteiger partial charge is 0.416 e. The van der Waals surface area contributed by atoms with Gasteiger partial charge in [-0.1, -0.05) is 18.2 Å². The highest BCUT2D eigenvalue weighted by molar-refractivity contribution is 6.06. The second-order valence-electron chi connectivity index (χ2n) is 8.17. The van der Waals surface area contributed by atoms with Crippen LogP contribution in [0.25, 0.3) is 0 Å². The zero-order chi connectivity index (χ0) is 25.9. The van der Waals surface area contributed by atoms with E-state index in [0.717, 1.165) is 12.1 Å². The summed E-state index contributed by atoms with van der Waals surface area (Å²) in [6.07, 6.45) is -4.66. The molecule has 3 aromatic rings. The summed E-state index contributed by atoms with van der Waals surface area (Å²) in [5.74, 6) is -1.46. The molecule has 0 aromatic heterocycles. The van der Waals surface area contributed by atoms with E-state index < -0.39 is 29.5 Å². The van der Waals surface area contributed by atoms with Crippen molar-refractivity contribution in [1.82, 2.24) is 0 Å². The molecule has 7 nitrogen and oxygen atoms in total. The van der Waals surface area contributed by atoms with Crippen LogP contribution in [0.2, 0.25) is 0 Å². The number of hydrogen-bond donors (Lipinski definition) is 2. The van der Waals surface area contributed by atoms with Gasteiger partial charge in [0.25, 0.3) is 5.91 Å². The number of carbonyl (C=O) groups is 3. The fraction of sp³-hybridized carbons (Fsp3) is 0.192. The molecule has 3 aromatic carbocycles. The van der Waals surface area contributed by atoms with Gasteiger partial charge in [-0.25, -0.2) is 0 Å². The molecular formula is C26H22F3N3O4. The van der Waals surface area contributed by atoms with E-state index in [4.69, 9.17) is 4.74 Å². The first-order valence-corrected chi connectivity index (χ1v) is 11.0. The zero-order valence-electron chi connectivity index (χ0n) is 19.1. The maximum Gasteiger partial charge on any atom is 0.416 e. The van der Waals surface area contributed by atoms with Crippen LogP contribution in [0, 0.1) is 5.92 Å². The van der Waals surface area contributed by atoms with E-state index in [1.165, 1.54) is 36.3 Å². The van der Waals surface area contributed by atoms with Gasteiger partial charge in [0.1, 0.15) is 5.75 Å². The molecule has 2 N–H and O–H groups in total. The first kappa shape index (κ1) is 24.8. The predicted molar refractivity (Wildman–Crippen MR) is 128 cm³/mol. The van der Waals surface area contributed by atoms with E-state index in [1.807, 2.05) is 0 Å². The fourth-order valence-electron chi connectivity index (χ4n) is 3.87. The number of benzene rings is 3. The summed E-state index contributed by atoms with van der Waals surface area (Å²) < 4.78 is 44.3. The average Bonchev–Trinajstić information content (AvgIpc) is 3.26. The molecule has 186 valence electrons. The molecule has 10 heteroatoms. The van der Waals surface area contributed by atoms with Crippen LogP contribution < -0.4 is 20.3 Å². The number of methoxy groups -OCH3 is 1. The summed E-state index contributed by atoms with van der Waals surface area (Å²) in [7, 11) is 1.50. The Morgan fingerprint density at radius 3 is 2.39 bits per heavy atom. The van der Waals surface area contributed by atoms with Crippen molar-refractivity contribution in [2.75, 3.05) is 29.2 Å². The molecule has 0 aliphatic carbocycles. The van der Waals surface area contributed by atoms with Crippen molar-refractivity contribution in [3.05, 3.63) is 83.9 Å². The minimum Gasteiger partial charge on any atom is -0.495 e. The molecule has 3 amide bonds. The SMILES string of the molecule is COc1ccccc1NC(=O)c1ccc(NC(=O)C2CC(=O)N(c3cccc(C(F)(F)F)c3)C2)cc1. The minimum atomic E-state index is -4.54. The monoisotopic (exact) mass is 497 g/mol. The molecule has 1 unspecified atom stereocenters. The Labute approximate surface area is 204 Å². The van der Waals surface area contributed by atoms with E-state index in [1.54, 1.807) is 36.4 Å². The molecule has 0 spiro atoms. The van der Waals surface area contributed by atoms with E-state index in [9.17, 15) is 27.6 Å². The lowest BCUT2D eigenvalue weighted by atomic mass is 10.1. The van der Waals surface area contributed by atoms with Gasteiger partial charge >= 0.3 is 6.18 Å². The number of hydrogen-bond acceptors (Lipinski definition) is 4. The van der Waals surface area contributed by atoms with Gasteiger partial charge in [-0.3, -0.25) is 14.4 Å². The van der Waals surface area contributed by atoms with Crippen LogP contribution >= 0.6 is 0 Å². The van der Waals surface area contributed by atoms with Crippen LogP contribution in [0.4, 0.5) is 30.2 Å². The Morgan fingerprint density at radius 1 is 0.972 bits per heavy atom. The highest BCUT2D eigenvalue weighted by atomic mass is 19.4. The number of halogens is 3. The molecule has 1 heterocycles. The Morgan fingerprint density at radius 2 is 1.69 bits per heavy atom. The van der Waals surface area contributed by atoms with Gasteiger partial charge in [-0.2, -0.15) is 13.2 Å². The van der Waals surface area contributed by atoms with Crippen molar-refractivity contribution < 1.29 is 32.3 Å². The third kappa shape index (κ3) is 5.48. The van der Waals surface area contributed by atoms with Gasteiger partial charge < -0.3 is 20.3 Å². The predicted octanol–water partition coefficient (Wildman–Crippen LogP) is 4.96. The molecule has 1 aliphatic heterocycles. The second kappa shape index (κ2) is 10.1. The lowest BCUT2D eigenvalue weighted by Gasteiger charge is -2.18. The summed E-state index contributed by atoms with van der Waals surface area (Å²) in [5, 5.41) is 5.45. The fourth-order valence-corrected chi connectivity index (χ4v) is 3.87. The number of anilines is 3. The largest absolute Gasteiger partial charge is 0.495 e. The van der Waals surface area contributed by atoms with Crippen LogP contribution in [0.15, 0.2) is 72.8 Å². The first-order valence-electron chi connectivity index (χ1n) is 11.0. The number of carbonyl (C=O) groups excluding carboxylic acids is 3. The maximum absolute atomic E-state index is 13.0. The summed E-state index contributed by atoms with van der Waals surface area (Å²) in [4.78, 5) is 38.9. The van der Waals surface area contributed by atoms with Crippen LogP contribution in [-0.2, 0) is 15.8 Å². The Balaban J connectivity index is 1.38. The molecule has 0 bridgehead atoms. The van der Waals surface area contributed by atoms with Gasteiger partial charge in [-0.05, 0) is 54.6 Å². The van der Waals surface area contributed by atoms with Gasteiger partial charge in [0, 0.05) is 29.9 Å². The zero-order valence-corrected chi connectivity index (χ0v) is 19.1. The summed E-state index contributed by atoms with van der Waals surface area (Å²) in [6.45, 7) is -0.0363. The Hall–Kier alpha value is -4.34. The minimum absolute atomic E-state index is 0.0363.